The van der Waals surface area contributed by atoms with Crippen LogP contribution in [0.5, 0.6) is 0 Å². The average Bonchev–Trinajstić information content (AvgIpc) is 2.25. The van der Waals surface area contributed by atoms with Gasteiger partial charge in [0.25, 0.3) is 5.91 Å². The highest BCUT2D eigenvalue weighted by atomic mass is 19.1. The molecule has 0 unspecified atom stereocenters. The number of carbonyl (C=O) groups excluding carboxylic acids is 1. The fraction of sp³-hybridized carbons (Fsp3) is 0.222. The molecule has 0 spiro atoms. The Balaban J connectivity index is 2.80. The summed E-state index contributed by atoms with van der Waals surface area (Å²) in [5, 5.41) is 19.2. The zero-order valence-electron chi connectivity index (χ0n) is 8.05. The molecule has 1 aromatic rings. The van der Waals surface area contributed by atoms with E-state index < -0.39 is 30.3 Å². The van der Waals surface area contributed by atoms with Gasteiger partial charge in [0.1, 0.15) is 0 Å². The molecule has 0 radical (unpaired) electrons. The van der Waals surface area contributed by atoms with Crippen LogP contribution >= 0.6 is 0 Å². The second-order valence-corrected chi connectivity index (χ2v) is 2.90. The van der Waals surface area contributed by atoms with Gasteiger partial charge in [-0.05, 0) is 6.07 Å². The van der Waals surface area contributed by atoms with Crippen molar-refractivity contribution < 1.29 is 24.2 Å². The molecule has 6 nitrogen and oxygen atoms in total. The van der Waals surface area contributed by atoms with Crippen molar-refractivity contribution in [1.82, 2.24) is 10.3 Å². The molecular weight excluding hydrogens is 219 g/mol. The number of aliphatic hydroxyl groups excluding tert-OH is 1. The summed E-state index contributed by atoms with van der Waals surface area (Å²) in [5.41, 5.74) is -0.324. The van der Waals surface area contributed by atoms with Crippen molar-refractivity contribution in [3.8, 4) is 0 Å². The lowest BCUT2D eigenvalue weighted by Crippen LogP contribution is -2.43. The van der Waals surface area contributed by atoms with E-state index in [9.17, 15) is 14.0 Å². The lowest BCUT2D eigenvalue weighted by atomic mass is 10.2. The maximum Gasteiger partial charge on any atom is 0.328 e. The Labute approximate surface area is 89.7 Å². The molecule has 1 heterocycles. The molecule has 1 atom stereocenters. The van der Waals surface area contributed by atoms with Crippen LogP contribution in [0.15, 0.2) is 18.5 Å². The number of aromatic nitrogens is 1. The molecule has 1 amide bonds. The van der Waals surface area contributed by atoms with Crippen molar-refractivity contribution in [2.45, 2.75) is 6.04 Å². The second-order valence-electron chi connectivity index (χ2n) is 2.90. The topological polar surface area (TPSA) is 99.5 Å². The van der Waals surface area contributed by atoms with E-state index in [4.69, 9.17) is 10.2 Å². The van der Waals surface area contributed by atoms with Crippen LogP contribution in [-0.2, 0) is 4.79 Å². The highest BCUT2D eigenvalue weighted by molar-refractivity contribution is 5.96. The Hall–Kier alpha value is -2.02. The van der Waals surface area contributed by atoms with Crippen molar-refractivity contribution >= 4 is 11.9 Å². The van der Waals surface area contributed by atoms with Gasteiger partial charge in [-0.2, -0.15) is 0 Å². The molecule has 1 aromatic heterocycles. The van der Waals surface area contributed by atoms with Crippen molar-refractivity contribution in [3.63, 3.8) is 0 Å². The summed E-state index contributed by atoms with van der Waals surface area (Å²) >= 11 is 0. The van der Waals surface area contributed by atoms with Gasteiger partial charge in [0.05, 0.1) is 18.4 Å². The summed E-state index contributed by atoms with van der Waals surface area (Å²) in [6.07, 6.45) is 2.04. The molecule has 7 heteroatoms. The molecule has 0 aliphatic rings. The number of halogens is 1. The average molecular weight is 228 g/mol. The maximum atomic E-state index is 13.1. The maximum absolute atomic E-state index is 13.1. The highest BCUT2D eigenvalue weighted by Gasteiger charge is 2.21. The lowest BCUT2D eigenvalue weighted by molar-refractivity contribution is -0.140. The number of hydrogen-bond donors (Lipinski definition) is 3. The second kappa shape index (κ2) is 5.17. The summed E-state index contributed by atoms with van der Waals surface area (Å²) in [6, 6.07) is -0.346. The molecule has 3 N–H and O–H groups in total. The van der Waals surface area contributed by atoms with Crippen LogP contribution < -0.4 is 5.32 Å². The van der Waals surface area contributed by atoms with Crippen molar-refractivity contribution in [2.75, 3.05) is 6.61 Å². The summed E-state index contributed by atoms with van der Waals surface area (Å²) in [7, 11) is 0. The van der Waals surface area contributed by atoms with Gasteiger partial charge in [-0.25, -0.2) is 9.18 Å². The number of aliphatic hydroxyl groups is 1. The normalized spacial score (nSPS) is 11.9. The third kappa shape index (κ3) is 2.74. The van der Waals surface area contributed by atoms with E-state index in [2.05, 4.69) is 4.98 Å². The highest BCUT2D eigenvalue weighted by Crippen LogP contribution is 2.04. The molecular formula is C9H9FN2O4. The van der Waals surface area contributed by atoms with E-state index >= 15 is 0 Å². The SMILES string of the molecule is O=C(N[C@H](CO)C(=O)O)c1ccncc1F. The number of hydrogen-bond acceptors (Lipinski definition) is 4. The van der Waals surface area contributed by atoms with Gasteiger partial charge in [-0.15, -0.1) is 0 Å². The van der Waals surface area contributed by atoms with Crippen LogP contribution in [0.1, 0.15) is 10.4 Å². The van der Waals surface area contributed by atoms with E-state index in [-0.39, 0.29) is 5.56 Å². The number of carbonyl (C=O) groups is 2. The fourth-order valence-corrected chi connectivity index (χ4v) is 0.981. The van der Waals surface area contributed by atoms with Crippen molar-refractivity contribution in [2.24, 2.45) is 0 Å². The summed E-state index contributed by atoms with van der Waals surface area (Å²) < 4.78 is 13.1. The first-order valence-electron chi connectivity index (χ1n) is 4.30. The zero-order chi connectivity index (χ0) is 12.1. The van der Waals surface area contributed by atoms with Crippen LogP contribution in [-0.4, -0.2) is 39.7 Å². The number of nitrogens with one attached hydrogen (secondary N) is 1. The minimum Gasteiger partial charge on any atom is -0.480 e. The predicted octanol–water partition coefficient (Wildman–Crippen LogP) is -0.604. The van der Waals surface area contributed by atoms with E-state index in [0.717, 1.165) is 12.3 Å². The number of pyridine rings is 1. The van der Waals surface area contributed by atoms with Gasteiger partial charge < -0.3 is 15.5 Å². The monoisotopic (exact) mass is 228 g/mol. The third-order valence-electron chi connectivity index (χ3n) is 1.80. The van der Waals surface area contributed by atoms with Crippen LogP contribution in [0, 0.1) is 5.82 Å². The zero-order valence-corrected chi connectivity index (χ0v) is 8.05. The minimum atomic E-state index is -1.46. The minimum absolute atomic E-state index is 0.324. The first-order chi connectivity index (χ1) is 7.56. The van der Waals surface area contributed by atoms with E-state index in [1.54, 1.807) is 0 Å². The van der Waals surface area contributed by atoms with Gasteiger partial charge in [0, 0.05) is 6.20 Å². The van der Waals surface area contributed by atoms with Gasteiger partial charge in [0.2, 0.25) is 0 Å². The molecule has 0 fully saturated rings. The summed E-state index contributed by atoms with van der Waals surface area (Å²) in [6.45, 7) is -0.770. The van der Waals surface area contributed by atoms with Crippen molar-refractivity contribution in [1.29, 1.82) is 0 Å². The number of amides is 1. The number of carboxylic acids is 1. The Morgan fingerprint density at radius 1 is 1.56 bits per heavy atom. The first kappa shape index (κ1) is 12.1. The number of aliphatic carboxylic acids is 1. The van der Waals surface area contributed by atoms with Crippen LogP contribution in [0.4, 0.5) is 4.39 Å². The van der Waals surface area contributed by atoms with Gasteiger partial charge >= 0.3 is 5.97 Å². The van der Waals surface area contributed by atoms with E-state index in [0.29, 0.717) is 0 Å². The smallest absolute Gasteiger partial charge is 0.328 e. The molecule has 1 rings (SSSR count). The van der Waals surface area contributed by atoms with E-state index in [1.807, 2.05) is 5.32 Å². The molecule has 0 aliphatic heterocycles. The summed E-state index contributed by atoms with van der Waals surface area (Å²) in [4.78, 5) is 25.3. The quantitative estimate of drug-likeness (QED) is 0.638. The van der Waals surface area contributed by atoms with Gasteiger partial charge in [-0.3, -0.25) is 9.78 Å². The Bertz CT molecular complexity index is 410. The molecule has 0 bridgehead atoms. The third-order valence-corrected chi connectivity index (χ3v) is 1.80. The Morgan fingerprint density at radius 2 is 2.25 bits per heavy atom. The van der Waals surface area contributed by atoms with Crippen LogP contribution in [0.2, 0.25) is 0 Å². The number of nitrogens with zero attached hydrogens (tertiary/aromatic N) is 1. The molecule has 0 aliphatic carbocycles. The predicted molar refractivity (Wildman–Crippen MR) is 50.2 cm³/mol. The standard InChI is InChI=1S/C9H9FN2O4/c10-6-3-11-2-1-5(6)8(14)12-7(4-13)9(15)16/h1-3,7,13H,4H2,(H,12,14)(H,15,16)/t7-/m1/s1. The molecule has 16 heavy (non-hydrogen) atoms. The Kier molecular flexibility index (Phi) is 3.90. The number of rotatable bonds is 4. The molecule has 0 aromatic carbocycles. The van der Waals surface area contributed by atoms with E-state index in [1.165, 1.54) is 6.20 Å². The van der Waals surface area contributed by atoms with Crippen molar-refractivity contribution in [3.05, 3.63) is 29.8 Å². The fourth-order valence-electron chi connectivity index (χ4n) is 0.981. The molecule has 0 saturated heterocycles. The molecule has 0 saturated carbocycles. The van der Waals surface area contributed by atoms with Gasteiger partial charge in [-0.1, -0.05) is 0 Å². The van der Waals surface area contributed by atoms with Crippen LogP contribution in [0.25, 0.3) is 0 Å². The lowest BCUT2D eigenvalue weighted by Gasteiger charge is -2.11. The van der Waals surface area contributed by atoms with Crippen LogP contribution in [0.3, 0.4) is 0 Å². The van der Waals surface area contributed by atoms with Gasteiger partial charge in [0.15, 0.2) is 11.9 Å². The molecule has 86 valence electrons. The summed E-state index contributed by atoms with van der Waals surface area (Å²) in [5.74, 6) is -3.17. The number of carboxylic acid groups (broad SMARTS) is 1. The Morgan fingerprint density at radius 3 is 2.75 bits per heavy atom. The first-order valence-corrected chi connectivity index (χ1v) is 4.30. The largest absolute Gasteiger partial charge is 0.480 e.